The lowest BCUT2D eigenvalue weighted by molar-refractivity contribution is -0.123. The molecule has 0 amide bonds. The minimum atomic E-state index is -0.177. The standard InChI is InChI=1S/C12H12O2.C9H8O/c1-8(13)6-11-10-5-3-2-4-9(10)7-12(11)14;10-9-5-7-3-1-2-4-8(7)6-9/h2-5,11H,6-7H2,1H3;1-4H,5-6H2. The second-order valence-electron chi connectivity index (χ2n) is 6.46. The van der Waals surface area contributed by atoms with Gasteiger partial charge in [0, 0.05) is 25.7 Å². The normalized spacial score (nSPS) is 17.8. The van der Waals surface area contributed by atoms with Crippen molar-refractivity contribution in [3.8, 4) is 0 Å². The van der Waals surface area contributed by atoms with Crippen molar-refractivity contribution >= 4 is 17.3 Å². The monoisotopic (exact) mass is 320 g/mol. The highest BCUT2D eigenvalue weighted by Crippen LogP contribution is 2.32. The summed E-state index contributed by atoms with van der Waals surface area (Å²) >= 11 is 0. The summed E-state index contributed by atoms with van der Waals surface area (Å²) in [6.07, 6.45) is 2.15. The molecule has 1 atom stereocenters. The van der Waals surface area contributed by atoms with Crippen LogP contribution in [0.15, 0.2) is 48.5 Å². The van der Waals surface area contributed by atoms with Gasteiger partial charge in [0.25, 0.3) is 0 Å². The third-order valence-corrected chi connectivity index (χ3v) is 4.57. The Morgan fingerprint density at radius 1 is 0.875 bits per heavy atom. The fraction of sp³-hybridized carbons (Fsp3) is 0.286. The second kappa shape index (κ2) is 6.91. The number of hydrogen-bond acceptors (Lipinski definition) is 3. The molecule has 0 aromatic heterocycles. The van der Waals surface area contributed by atoms with Gasteiger partial charge in [-0.1, -0.05) is 48.5 Å². The van der Waals surface area contributed by atoms with Crippen molar-refractivity contribution in [2.75, 3.05) is 0 Å². The zero-order chi connectivity index (χ0) is 17.1. The Labute approximate surface area is 141 Å². The molecule has 4 rings (SSSR count). The van der Waals surface area contributed by atoms with Gasteiger partial charge in [-0.15, -0.1) is 0 Å². The number of fused-ring (bicyclic) bond motifs is 2. The highest BCUT2D eigenvalue weighted by Gasteiger charge is 2.30. The predicted octanol–water partition coefficient (Wildman–Crippen LogP) is 3.23. The number of carbonyl (C=O) groups excluding carboxylic acids is 3. The number of carbonyl (C=O) groups is 3. The summed E-state index contributed by atoms with van der Waals surface area (Å²) in [6, 6.07) is 15.8. The van der Waals surface area contributed by atoms with Crippen LogP contribution in [0.25, 0.3) is 0 Å². The van der Waals surface area contributed by atoms with E-state index < -0.39 is 0 Å². The van der Waals surface area contributed by atoms with Crippen LogP contribution < -0.4 is 0 Å². The van der Waals surface area contributed by atoms with Crippen LogP contribution in [-0.4, -0.2) is 17.3 Å². The molecular formula is C21H20O3. The fourth-order valence-electron chi connectivity index (χ4n) is 3.42. The van der Waals surface area contributed by atoms with Gasteiger partial charge >= 0.3 is 0 Å². The van der Waals surface area contributed by atoms with Crippen molar-refractivity contribution in [3.05, 3.63) is 70.8 Å². The molecule has 2 aliphatic carbocycles. The van der Waals surface area contributed by atoms with E-state index in [4.69, 9.17) is 0 Å². The van der Waals surface area contributed by atoms with E-state index in [1.807, 2.05) is 48.5 Å². The largest absolute Gasteiger partial charge is 0.300 e. The van der Waals surface area contributed by atoms with Crippen molar-refractivity contribution in [2.24, 2.45) is 0 Å². The van der Waals surface area contributed by atoms with E-state index >= 15 is 0 Å². The Morgan fingerprint density at radius 3 is 2.00 bits per heavy atom. The van der Waals surface area contributed by atoms with Crippen LogP contribution in [0.3, 0.4) is 0 Å². The summed E-state index contributed by atoms with van der Waals surface area (Å²) in [5.74, 6) is 0.436. The van der Waals surface area contributed by atoms with Gasteiger partial charge < -0.3 is 0 Å². The van der Waals surface area contributed by atoms with Crippen molar-refractivity contribution in [2.45, 2.75) is 38.5 Å². The maximum Gasteiger partial charge on any atom is 0.145 e. The highest BCUT2D eigenvalue weighted by atomic mass is 16.1. The lowest BCUT2D eigenvalue weighted by atomic mass is 9.95. The summed E-state index contributed by atoms with van der Waals surface area (Å²) in [7, 11) is 0. The maximum absolute atomic E-state index is 11.6. The molecule has 2 aromatic rings. The van der Waals surface area contributed by atoms with E-state index in [9.17, 15) is 14.4 Å². The molecule has 3 nitrogen and oxygen atoms in total. The summed E-state index contributed by atoms with van der Waals surface area (Å²) in [5, 5.41) is 0. The first-order valence-electron chi connectivity index (χ1n) is 8.23. The summed E-state index contributed by atoms with van der Waals surface area (Å²) in [4.78, 5) is 33.5. The molecule has 0 saturated carbocycles. The SMILES string of the molecule is CC(=O)CC1C(=O)Cc2ccccc21.O=C1Cc2ccccc2C1. The molecule has 0 radical (unpaired) electrons. The molecule has 122 valence electrons. The third kappa shape index (κ3) is 3.51. The Hall–Kier alpha value is -2.55. The summed E-state index contributed by atoms with van der Waals surface area (Å²) in [5.41, 5.74) is 4.57. The average molecular weight is 320 g/mol. The van der Waals surface area contributed by atoms with Crippen LogP contribution in [0.1, 0.15) is 41.5 Å². The molecule has 3 heteroatoms. The Balaban J connectivity index is 0.000000149. The van der Waals surface area contributed by atoms with Gasteiger partial charge in [-0.3, -0.25) is 14.4 Å². The second-order valence-corrected chi connectivity index (χ2v) is 6.46. The minimum Gasteiger partial charge on any atom is -0.300 e. The first kappa shape index (κ1) is 16.3. The number of ketones is 3. The van der Waals surface area contributed by atoms with Crippen LogP contribution in [0.5, 0.6) is 0 Å². The lowest BCUT2D eigenvalue weighted by Crippen LogP contribution is -2.09. The zero-order valence-electron chi connectivity index (χ0n) is 13.7. The predicted molar refractivity (Wildman–Crippen MR) is 92.0 cm³/mol. The first-order valence-corrected chi connectivity index (χ1v) is 8.23. The molecule has 0 heterocycles. The molecule has 2 aliphatic rings. The molecule has 2 aromatic carbocycles. The zero-order valence-corrected chi connectivity index (χ0v) is 13.7. The minimum absolute atomic E-state index is 0.0834. The third-order valence-electron chi connectivity index (χ3n) is 4.57. The Kier molecular flexibility index (Phi) is 4.70. The summed E-state index contributed by atoms with van der Waals surface area (Å²) in [6.45, 7) is 1.54. The van der Waals surface area contributed by atoms with Gasteiger partial charge in [0.1, 0.15) is 17.3 Å². The number of Topliss-reactive ketones (excluding diaryl/α,β-unsaturated/α-hetero) is 3. The maximum atomic E-state index is 11.6. The van der Waals surface area contributed by atoms with E-state index in [1.165, 1.54) is 18.1 Å². The molecule has 0 saturated heterocycles. The van der Waals surface area contributed by atoms with Crippen molar-refractivity contribution < 1.29 is 14.4 Å². The lowest BCUT2D eigenvalue weighted by Gasteiger charge is -2.06. The number of hydrogen-bond donors (Lipinski definition) is 0. The fourth-order valence-corrected chi connectivity index (χ4v) is 3.42. The van der Waals surface area contributed by atoms with Gasteiger partial charge in [-0.25, -0.2) is 0 Å². The van der Waals surface area contributed by atoms with Crippen molar-refractivity contribution in [1.29, 1.82) is 0 Å². The molecule has 0 bridgehead atoms. The average Bonchev–Trinajstić information content (AvgIpc) is 3.07. The molecular weight excluding hydrogens is 300 g/mol. The molecule has 0 spiro atoms. The van der Waals surface area contributed by atoms with E-state index in [2.05, 4.69) is 0 Å². The first-order chi connectivity index (χ1) is 11.5. The Bertz CT molecular complexity index is 777. The Morgan fingerprint density at radius 2 is 1.42 bits per heavy atom. The van der Waals surface area contributed by atoms with Crippen molar-refractivity contribution in [3.63, 3.8) is 0 Å². The molecule has 0 aliphatic heterocycles. The summed E-state index contributed by atoms with van der Waals surface area (Å²) < 4.78 is 0. The molecule has 0 N–H and O–H groups in total. The van der Waals surface area contributed by atoms with Gasteiger partial charge in [0.05, 0.1) is 5.92 Å². The van der Waals surface area contributed by atoms with E-state index in [0.29, 0.717) is 31.5 Å². The van der Waals surface area contributed by atoms with Crippen LogP contribution >= 0.6 is 0 Å². The number of benzene rings is 2. The molecule has 24 heavy (non-hydrogen) atoms. The highest BCUT2D eigenvalue weighted by molar-refractivity contribution is 5.96. The van der Waals surface area contributed by atoms with Gasteiger partial charge in [-0.2, -0.15) is 0 Å². The van der Waals surface area contributed by atoms with Gasteiger partial charge in [0.2, 0.25) is 0 Å². The smallest absolute Gasteiger partial charge is 0.145 e. The van der Waals surface area contributed by atoms with Crippen LogP contribution in [0, 0.1) is 0 Å². The van der Waals surface area contributed by atoms with Crippen molar-refractivity contribution in [1.82, 2.24) is 0 Å². The topological polar surface area (TPSA) is 51.2 Å². The molecule has 0 fully saturated rings. The van der Waals surface area contributed by atoms with Crippen LogP contribution in [0.4, 0.5) is 0 Å². The van der Waals surface area contributed by atoms with E-state index in [1.54, 1.807) is 0 Å². The van der Waals surface area contributed by atoms with Gasteiger partial charge in [0.15, 0.2) is 0 Å². The van der Waals surface area contributed by atoms with Crippen LogP contribution in [0.2, 0.25) is 0 Å². The quantitative estimate of drug-likeness (QED) is 0.853. The molecule has 1 unspecified atom stereocenters. The van der Waals surface area contributed by atoms with E-state index in [-0.39, 0.29) is 17.5 Å². The van der Waals surface area contributed by atoms with E-state index in [0.717, 1.165) is 11.1 Å². The number of rotatable bonds is 2. The van der Waals surface area contributed by atoms with Crippen LogP contribution in [-0.2, 0) is 33.6 Å². The van der Waals surface area contributed by atoms with Gasteiger partial charge in [-0.05, 0) is 29.2 Å².